The summed E-state index contributed by atoms with van der Waals surface area (Å²) in [6, 6.07) is 7.08. The summed E-state index contributed by atoms with van der Waals surface area (Å²) in [5.41, 5.74) is 0.190. The van der Waals surface area contributed by atoms with Gasteiger partial charge >= 0.3 is 6.09 Å². The molecule has 0 radical (unpaired) electrons. The zero-order valence-electron chi connectivity index (χ0n) is 13.8. The highest BCUT2D eigenvalue weighted by Gasteiger charge is 2.29. The molecule has 0 aliphatic carbocycles. The minimum absolute atomic E-state index is 0.0314. The lowest BCUT2D eigenvalue weighted by molar-refractivity contribution is -0.121. The average Bonchev–Trinajstić information content (AvgIpc) is 2.45. The molecule has 5 nitrogen and oxygen atoms in total. The Morgan fingerprint density at radius 2 is 1.91 bits per heavy atom. The Kier molecular flexibility index (Phi) is 5.52. The summed E-state index contributed by atoms with van der Waals surface area (Å²) in [7, 11) is 0. The van der Waals surface area contributed by atoms with Crippen LogP contribution in [0.3, 0.4) is 0 Å². The molecule has 1 aliphatic heterocycles. The van der Waals surface area contributed by atoms with Crippen molar-refractivity contribution in [3.63, 3.8) is 0 Å². The third-order valence-electron chi connectivity index (χ3n) is 3.61. The molecule has 6 heteroatoms. The Morgan fingerprint density at radius 3 is 2.48 bits per heavy atom. The minimum atomic E-state index is -0.502. The molecule has 1 aliphatic rings. The number of hydrogen-bond donors (Lipinski definition) is 1. The largest absolute Gasteiger partial charge is 0.444 e. The summed E-state index contributed by atoms with van der Waals surface area (Å²) in [5.74, 6) is -0.135. The van der Waals surface area contributed by atoms with Crippen molar-refractivity contribution in [2.24, 2.45) is 5.92 Å². The number of nitrogens with zero attached hydrogens (tertiary/aromatic N) is 1. The normalized spacial score (nSPS) is 16.1. The predicted octanol–water partition coefficient (Wildman–Crippen LogP) is 3.93. The van der Waals surface area contributed by atoms with Gasteiger partial charge in [0.05, 0.1) is 0 Å². The minimum Gasteiger partial charge on any atom is -0.444 e. The van der Waals surface area contributed by atoms with E-state index in [1.165, 1.54) is 0 Å². The molecule has 0 saturated carbocycles. The van der Waals surface area contributed by atoms with E-state index < -0.39 is 5.60 Å². The highest BCUT2D eigenvalue weighted by atomic mass is 35.5. The Hall–Kier alpha value is -1.75. The fourth-order valence-corrected chi connectivity index (χ4v) is 2.65. The average molecular weight is 339 g/mol. The van der Waals surface area contributed by atoms with Gasteiger partial charge < -0.3 is 15.0 Å². The van der Waals surface area contributed by atoms with E-state index in [0.29, 0.717) is 36.6 Å². The van der Waals surface area contributed by atoms with Gasteiger partial charge in [-0.1, -0.05) is 17.7 Å². The second-order valence-corrected chi connectivity index (χ2v) is 7.18. The van der Waals surface area contributed by atoms with Crippen LogP contribution in [0.15, 0.2) is 24.3 Å². The second kappa shape index (κ2) is 7.21. The first-order valence-electron chi connectivity index (χ1n) is 7.79. The van der Waals surface area contributed by atoms with Crippen LogP contribution in [0.2, 0.25) is 5.02 Å². The lowest BCUT2D eigenvalue weighted by Gasteiger charge is -2.32. The monoisotopic (exact) mass is 338 g/mol. The van der Waals surface area contributed by atoms with Crippen molar-refractivity contribution >= 4 is 29.3 Å². The molecule has 1 heterocycles. The molecule has 1 aromatic carbocycles. The SMILES string of the molecule is CC(C)(C)OC(=O)N1CCC(C(=O)Nc2cccc(Cl)c2)CC1. The number of anilines is 1. The molecule has 0 bridgehead atoms. The molecular formula is C17H23ClN2O3. The van der Waals surface area contributed by atoms with Crippen molar-refractivity contribution < 1.29 is 14.3 Å². The maximum Gasteiger partial charge on any atom is 0.410 e. The summed E-state index contributed by atoms with van der Waals surface area (Å²) in [4.78, 5) is 26.0. The molecule has 1 aromatic rings. The third kappa shape index (κ3) is 5.43. The van der Waals surface area contributed by atoms with Crippen molar-refractivity contribution in [2.75, 3.05) is 18.4 Å². The molecule has 2 rings (SSSR count). The van der Waals surface area contributed by atoms with Gasteiger partial charge in [-0.15, -0.1) is 0 Å². The quantitative estimate of drug-likeness (QED) is 0.889. The number of rotatable bonds is 2. The van der Waals surface area contributed by atoms with Gasteiger partial charge in [0.2, 0.25) is 5.91 Å². The first kappa shape index (κ1) is 17.6. The van der Waals surface area contributed by atoms with E-state index in [-0.39, 0.29) is 17.9 Å². The topological polar surface area (TPSA) is 58.6 Å². The molecule has 1 N–H and O–H groups in total. The van der Waals surface area contributed by atoms with Crippen LogP contribution in [0.1, 0.15) is 33.6 Å². The second-order valence-electron chi connectivity index (χ2n) is 6.74. The first-order chi connectivity index (χ1) is 10.7. The smallest absolute Gasteiger partial charge is 0.410 e. The molecular weight excluding hydrogens is 316 g/mol. The van der Waals surface area contributed by atoms with E-state index in [0.717, 1.165) is 0 Å². The maximum absolute atomic E-state index is 12.3. The van der Waals surface area contributed by atoms with E-state index in [4.69, 9.17) is 16.3 Å². The third-order valence-corrected chi connectivity index (χ3v) is 3.84. The number of halogens is 1. The van der Waals surface area contributed by atoms with E-state index in [1.54, 1.807) is 29.2 Å². The van der Waals surface area contributed by atoms with Crippen molar-refractivity contribution in [1.82, 2.24) is 4.90 Å². The molecule has 23 heavy (non-hydrogen) atoms. The zero-order chi connectivity index (χ0) is 17.0. The number of carbonyl (C=O) groups excluding carboxylic acids is 2. The summed E-state index contributed by atoms with van der Waals surface area (Å²) in [5, 5.41) is 3.46. The standard InChI is InChI=1S/C17H23ClN2O3/c1-17(2,3)23-16(22)20-9-7-12(8-10-20)15(21)19-14-6-4-5-13(18)11-14/h4-6,11-12H,7-10H2,1-3H3,(H,19,21). The van der Waals surface area contributed by atoms with Crippen LogP contribution in [0, 0.1) is 5.92 Å². The lowest BCUT2D eigenvalue weighted by Crippen LogP contribution is -2.43. The molecule has 0 aromatic heterocycles. The highest BCUT2D eigenvalue weighted by Crippen LogP contribution is 2.22. The Labute approximate surface area is 141 Å². The summed E-state index contributed by atoms with van der Waals surface area (Å²) in [6.45, 7) is 6.59. The lowest BCUT2D eigenvalue weighted by atomic mass is 9.96. The van der Waals surface area contributed by atoms with Crippen LogP contribution >= 0.6 is 11.6 Å². The van der Waals surface area contributed by atoms with Gasteiger partial charge in [-0.05, 0) is 51.8 Å². The van der Waals surface area contributed by atoms with Crippen molar-refractivity contribution in [2.45, 2.75) is 39.2 Å². The van der Waals surface area contributed by atoms with Gasteiger partial charge in [0, 0.05) is 29.7 Å². The highest BCUT2D eigenvalue weighted by molar-refractivity contribution is 6.30. The van der Waals surface area contributed by atoms with E-state index in [9.17, 15) is 9.59 Å². The summed E-state index contributed by atoms with van der Waals surface area (Å²) < 4.78 is 5.35. The van der Waals surface area contributed by atoms with Crippen molar-refractivity contribution in [1.29, 1.82) is 0 Å². The molecule has 0 atom stereocenters. The fraction of sp³-hybridized carbons (Fsp3) is 0.529. The van der Waals surface area contributed by atoms with Crippen LogP contribution in [0.25, 0.3) is 0 Å². The van der Waals surface area contributed by atoms with Crippen LogP contribution in [0.5, 0.6) is 0 Å². The van der Waals surface area contributed by atoms with Gasteiger partial charge in [0.15, 0.2) is 0 Å². The molecule has 2 amide bonds. The van der Waals surface area contributed by atoms with E-state index in [1.807, 2.05) is 20.8 Å². The molecule has 0 spiro atoms. The van der Waals surface area contributed by atoms with Gasteiger partial charge in [-0.3, -0.25) is 4.79 Å². The number of amides is 2. The Bertz CT molecular complexity index is 575. The molecule has 0 unspecified atom stereocenters. The van der Waals surface area contributed by atoms with Crippen molar-refractivity contribution in [3.05, 3.63) is 29.3 Å². The number of piperidine rings is 1. The van der Waals surface area contributed by atoms with Crippen LogP contribution < -0.4 is 5.32 Å². The molecule has 126 valence electrons. The number of benzene rings is 1. The van der Waals surface area contributed by atoms with E-state index in [2.05, 4.69) is 5.32 Å². The maximum atomic E-state index is 12.3. The number of carbonyl (C=O) groups is 2. The van der Waals surface area contributed by atoms with Crippen LogP contribution in [-0.4, -0.2) is 35.6 Å². The number of ether oxygens (including phenoxy) is 1. The van der Waals surface area contributed by atoms with E-state index >= 15 is 0 Å². The number of nitrogens with one attached hydrogen (secondary N) is 1. The van der Waals surface area contributed by atoms with Gasteiger partial charge in [-0.2, -0.15) is 0 Å². The Balaban J connectivity index is 1.84. The van der Waals surface area contributed by atoms with Gasteiger partial charge in [-0.25, -0.2) is 4.79 Å². The predicted molar refractivity (Wildman–Crippen MR) is 90.6 cm³/mol. The fourth-order valence-electron chi connectivity index (χ4n) is 2.46. The molecule has 1 saturated heterocycles. The first-order valence-corrected chi connectivity index (χ1v) is 8.17. The summed E-state index contributed by atoms with van der Waals surface area (Å²) >= 11 is 5.91. The summed E-state index contributed by atoms with van der Waals surface area (Å²) in [6.07, 6.45) is 0.947. The Morgan fingerprint density at radius 1 is 1.26 bits per heavy atom. The number of likely N-dealkylation sites (tertiary alicyclic amines) is 1. The van der Waals surface area contributed by atoms with Gasteiger partial charge in [0.1, 0.15) is 5.60 Å². The van der Waals surface area contributed by atoms with Crippen molar-refractivity contribution in [3.8, 4) is 0 Å². The zero-order valence-corrected chi connectivity index (χ0v) is 14.5. The van der Waals surface area contributed by atoms with Gasteiger partial charge in [0.25, 0.3) is 0 Å². The molecule has 1 fully saturated rings. The van der Waals surface area contributed by atoms with Crippen LogP contribution in [-0.2, 0) is 9.53 Å². The van der Waals surface area contributed by atoms with Crippen LogP contribution in [0.4, 0.5) is 10.5 Å². The number of hydrogen-bond acceptors (Lipinski definition) is 3.